The van der Waals surface area contributed by atoms with Gasteiger partial charge < -0.3 is 11.1 Å². The monoisotopic (exact) mass is 468 g/mol. The SMILES string of the molecule is CCCCCCCCC(=O)NCCCCCC.CCCCCCCCCCCCCC(N)=O. The molecule has 0 bridgehead atoms. The van der Waals surface area contributed by atoms with Gasteiger partial charge in [-0.3, -0.25) is 9.59 Å². The van der Waals surface area contributed by atoms with Gasteiger partial charge in [0.25, 0.3) is 0 Å². The van der Waals surface area contributed by atoms with E-state index in [0.717, 1.165) is 32.2 Å². The summed E-state index contributed by atoms with van der Waals surface area (Å²) in [5.41, 5.74) is 5.07. The highest BCUT2D eigenvalue weighted by molar-refractivity contribution is 5.75. The Morgan fingerprint density at radius 3 is 1.21 bits per heavy atom. The van der Waals surface area contributed by atoms with Crippen LogP contribution in [-0.4, -0.2) is 18.4 Å². The highest BCUT2D eigenvalue weighted by Crippen LogP contribution is 2.11. The summed E-state index contributed by atoms with van der Waals surface area (Å²) in [4.78, 5) is 21.9. The van der Waals surface area contributed by atoms with Gasteiger partial charge in [-0.15, -0.1) is 0 Å². The maximum Gasteiger partial charge on any atom is 0.219 e. The number of hydrogen-bond acceptors (Lipinski definition) is 2. The molecule has 0 saturated carbocycles. The number of primary amides is 1. The van der Waals surface area contributed by atoms with Gasteiger partial charge in [0.05, 0.1) is 0 Å². The highest BCUT2D eigenvalue weighted by atomic mass is 16.1. The number of carbonyl (C=O) groups is 2. The molecule has 0 aromatic heterocycles. The summed E-state index contributed by atoms with van der Waals surface area (Å²) in [6.45, 7) is 7.56. The molecule has 3 N–H and O–H groups in total. The van der Waals surface area contributed by atoms with E-state index in [9.17, 15) is 9.59 Å². The van der Waals surface area contributed by atoms with Crippen LogP contribution in [0, 0.1) is 0 Å². The lowest BCUT2D eigenvalue weighted by Crippen LogP contribution is -2.23. The van der Waals surface area contributed by atoms with Gasteiger partial charge in [0, 0.05) is 19.4 Å². The zero-order valence-corrected chi connectivity index (χ0v) is 22.9. The Bertz CT molecular complexity index is 399. The largest absolute Gasteiger partial charge is 0.370 e. The van der Waals surface area contributed by atoms with E-state index in [-0.39, 0.29) is 11.8 Å². The quantitative estimate of drug-likeness (QED) is 0.139. The number of hydrogen-bond donors (Lipinski definition) is 2. The van der Waals surface area contributed by atoms with Crippen LogP contribution in [0.15, 0.2) is 0 Å². The maximum absolute atomic E-state index is 11.5. The lowest BCUT2D eigenvalue weighted by Gasteiger charge is -2.04. The average molecular weight is 469 g/mol. The van der Waals surface area contributed by atoms with Gasteiger partial charge >= 0.3 is 0 Å². The van der Waals surface area contributed by atoms with Gasteiger partial charge in [-0.25, -0.2) is 0 Å². The summed E-state index contributed by atoms with van der Waals surface area (Å²) >= 11 is 0. The van der Waals surface area contributed by atoms with Crippen molar-refractivity contribution in [2.45, 2.75) is 168 Å². The Hall–Kier alpha value is -1.06. The van der Waals surface area contributed by atoms with Crippen molar-refractivity contribution >= 4 is 11.8 Å². The predicted molar refractivity (Wildman–Crippen MR) is 145 cm³/mol. The van der Waals surface area contributed by atoms with Crippen LogP contribution < -0.4 is 11.1 Å². The van der Waals surface area contributed by atoms with Gasteiger partial charge in [-0.2, -0.15) is 0 Å². The van der Waals surface area contributed by atoms with Crippen LogP contribution in [0.25, 0.3) is 0 Å². The van der Waals surface area contributed by atoms with Crippen LogP contribution in [0.5, 0.6) is 0 Å². The van der Waals surface area contributed by atoms with Gasteiger partial charge in [0.2, 0.25) is 11.8 Å². The molecule has 0 aliphatic carbocycles. The molecule has 0 aromatic rings. The second-order valence-corrected chi connectivity index (χ2v) is 9.68. The Balaban J connectivity index is 0. The van der Waals surface area contributed by atoms with E-state index in [1.807, 2.05) is 0 Å². The fourth-order valence-corrected chi connectivity index (χ4v) is 3.90. The van der Waals surface area contributed by atoms with Crippen LogP contribution in [0.1, 0.15) is 168 Å². The molecule has 0 unspecified atom stereocenters. The number of rotatable bonds is 24. The first-order valence-electron chi connectivity index (χ1n) is 14.6. The molecule has 0 saturated heterocycles. The third kappa shape index (κ3) is 35.7. The van der Waals surface area contributed by atoms with Crippen molar-refractivity contribution in [3.63, 3.8) is 0 Å². The van der Waals surface area contributed by atoms with Crippen LogP contribution in [-0.2, 0) is 9.59 Å². The number of amides is 2. The normalized spacial score (nSPS) is 10.5. The minimum Gasteiger partial charge on any atom is -0.370 e. The van der Waals surface area contributed by atoms with E-state index >= 15 is 0 Å². The Kier molecular flexibility index (Phi) is 32.0. The zero-order chi connectivity index (χ0) is 24.8. The zero-order valence-electron chi connectivity index (χ0n) is 22.9. The van der Waals surface area contributed by atoms with Crippen molar-refractivity contribution in [3.05, 3.63) is 0 Å². The maximum atomic E-state index is 11.5. The highest BCUT2D eigenvalue weighted by Gasteiger charge is 2.00. The van der Waals surface area contributed by atoms with Crippen molar-refractivity contribution < 1.29 is 9.59 Å². The molecule has 33 heavy (non-hydrogen) atoms. The summed E-state index contributed by atoms with van der Waals surface area (Å²) in [7, 11) is 0. The number of unbranched alkanes of at least 4 members (excludes halogenated alkanes) is 18. The van der Waals surface area contributed by atoms with E-state index in [4.69, 9.17) is 5.73 Å². The molecular weight excluding hydrogens is 408 g/mol. The van der Waals surface area contributed by atoms with Gasteiger partial charge in [-0.05, 0) is 19.3 Å². The van der Waals surface area contributed by atoms with E-state index in [2.05, 4.69) is 26.1 Å². The fourth-order valence-electron chi connectivity index (χ4n) is 3.90. The van der Waals surface area contributed by atoms with Crippen LogP contribution in [0.3, 0.4) is 0 Å². The molecule has 0 atom stereocenters. The average Bonchev–Trinajstić information content (AvgIpc) is 2.80. The molecule has 0 aromatic carbocycles. The molecule has 0 aliphatic rings. The molecule has 0 radical (unpaired) electrons. The minimum absolute atomic E-state index is 0.157. The molecular formula is C29H60N2O2. The number of carbonyl (C=O) groups excluding carboxylic acids is 2. The van der Waals surface area contributed by atoms with Crippen molar-refractivity contribution in [2.75, 3.05) is 6.54 Å². The summed E-state index contributed by atoms with van der Waals surface area (Å²) < 4.78 is 0. The van der Waals surface area contributed by atoms with Gasteiger partial charge in [-0.1, -0.05) is 136 Å². The Labute approximate surface area is 207 Å². The smallest absolute Gasteiger partial charge is 0.219 e. The Morgan fingerprint density at radius 1 is 0.485 bits per heavy atom. The van der Waals surface area contributed by atoms with Crippen molar-refractivity contribution in [1.29, 1.82) is 0 Å². The summed E-state index contributed by atoms with van der Waals surface area (Å²) in [6, 6.07) is 0. The van der Waals surface area contributed by atoms with Crippen molar-refractivity contribution in [2.24, 2.45) is 5.73 Å². The third-order valence-corrected chi connectivity index (χ3v) is 6.14. The van der Waals surface area contributed by atoms with Crippen LogP contribution >= 0.6 is 0 Å². The standard InChI is InChI=1S/C15H31NO.C14H29NO/c1-3-5-7-9-10-11-13-15(17)16-14-12-8-6-4-2;1-2-3-4-5-6-7-8-9-10-11-12-13-14(15)16/h3-14H2,1-2H3,(H,16,17);2-13H2,1H3,(H2,15,16). The first kappa shape index (κ1) is 34.1. The topological polar surface area (TPSA) is 72.2 Å². The van der Waals surface area contributed by atoms with E-state index in [1.165, 1.54) is 116 Å². The van der Waals surface area contributed by atoms with Crippen molar-refractivity contribution in [3.8, 4) is 0 Å². The van der Waals surface area contributed by atoms with E-state index in [0.29, 0.717) is 6.42 Å². The first-order chi connectivity index (χ1) is 16.1. The predicted octanol–water partition coefficient (Wildman–Crippen LogP) is 8.61. The van der Waals surface area contributed by atoms with Crippen LogP contribution in [0.2, 0.25) is 0 Å². The lowest BCUT2D eigenvalue weighted by atomic mass is 10.1. The van der Waals surface area contributed by atoms with Crippen molar-refractivity contribution in [1.82, 2.24) is 5.32 Å². The first-order valence-corrected chi connectivity index (χ1v) is 14.6. The number of nitrogens with two attached hydrogens (primary N) is 1. The third-order valence-electron chi connectivity index (χ3n) is 6.14. The molecule has 0 heterocycles. The second kappa shape index (κ2) is 30.9. The molecule has 0 fully saturated rings. The summed E-state index contributed by atoms with van der Waals surface area (Å²) in [5, 5.41) is 3.00. The second-order valence-electron chi connectivity index (χ2n) is 9.68. The van der Waals surface area contributed by atoms with Gasteiger partial charge in [0.1, 0.15) is 0 Å². The molecule has 4 heteroatoms. The molecule has 0 spiro atoms. The van der Waals surface area contributed by atoms with Gasteiger partial charge in [0.15, 0.2) is 0 Å². The van der Waals surface area contributed by atoms with E-state index < -0.39 is 0 Å². The molecule has 2 amide bonds. The Morgan fingerprint density at radius 2 is 0.818 bits per heavy atom. The summed E-state index contributed by atoms with van der Waals surface area (Å²) in [6.07, 6.45) is 28.2. The molecule has 0 rings (SSSR count). The number of nitrogens with one attached hydrogen (secondary N) is 1. The molecule has 4 nitrogen and oxygen atoms in total. The minimum atomic E-state index is -0.157. The lowest BCUT2D eigenvalue weighted by molar-refractivity contribution is -0.121. The van der Waals surface area contributed by atoms with E-state index in [1.54, 1.807) is 0 Å². The molecule has 0 aliphatic heterocycles. The van der Waals surface area contributed by atoms with Crippen LogP contribution in [0.4, 0.5) is 0 Å². The fraction of sp³-hybridized carbons (Fsp3) is 0.931. The molecule has 198 valence electrons. The summed E-state index contributed by atoms with van der Waals surface area (Å²) in [5.74, 6) is 0.0907.